The molecule has 2 atom stereocenters. The highest BCUT2D eigenvalue weighted by atomic mass is 35.5. The normalized spacial score (nSPS) is 26.1. The molecule has 2 unspecified atom stereocenters. The fraction of sp³-hybridized carbons (Fsp3) is 0.588. The summed E-state index contributed by atoms with van der Waals surface area (Å²) in [7, 11) is 0. The van der Waals surface area contributed by atoms with Gasteiger partial charge in [-0.05, 0) is 43.7 Å². The van der Waals surface area contributed by atoms with E-state index in [1.54, 1.807) is 0 Å². The van der Waals surface area contributed by atoms with E-state index in [0.717, 1.165) is 18.6 Å². The molecule has 4 nitrogen and oxygen atoms in total. The van der Waals surface area contributed by atoms with Crippen molar-refractivity contribution >= 4 is 18.3 Å². The highest BCUT2D eigenvalue weighted by molar-refractivity contribution is 5.85. The first-order valence-corrected chi connectivity index (χ1v) is 8.00. The minimum absolute atomic E-state index is 0. The molecule has 1 aromatic rings. The van der Waals surface area contributed by atoms with Crippen LogP contribution in [0.2, 0.25) is 0 Å². The maximum Gasteiger partial charge on any atom is 0.220 e. The van der Waals surface area contributed by atoms with E-state index in [-0.39, 0.29) is 18.3 Å². The summed E-state index contributed by atoms with van der Waals surface area (Å²) in [6.07, 6.45) is 5.55. The minimum atomic E-state index is 0. The lowest BCUT2D eigenvalue weighted by Gasteiger charge is -2.28. The largest absolute Gasteiger partial charge is 0.492 e. The zero-order valence-electron chi connectivity index (χ0n) is 12.8. The van der Waals surface area contributed by atoms with Gasteiger partial charge in [0.15, 0.2) is 0 Å². The molecule has 2 saturated heterocycles. The molecular weight excluding hydrogens is 300 g/mol. The summed E-state index contributed by atoms with van der Waals surface area (Å²) >= 11 is 0. The molecule has 2 bridgehead atoms. The predicted molar refractivity (Wildman–Crippen MR) is 89.5 cm³/mol. The Kier molecular flexibility index (Phi) is 6.52. The van der Waals surface area contributed by atoms with Crippen LogP contribution in [0.4, 0.5) is 0 Å². The number of hydrogen-bond donors (Lipinski definition) is 2. The molecule has 2 aliphatic heterocycles. The molecule has 1 aromatic carbocycles. The van der Waals surface area contributed by atoms with Crippen LogP contribution in [0.5, 0.6) is 5.75 Å². The first-order valence-electron chi connectivity index (χ1n) is 8.00. The van der Waals surface area contributed by atoms with Crippen LogP contribution in [0.3, 0.4) is 0 Å². The van der Waals surface area contributed by atoms with Gasteiger partial charge >= 0.3 is 0 Å². The molecule has 0 spiro atoms. The summed E-state index contributed by atoms with van der Waals surface area (Å²) in [4.78, 5) is 12.0. The number of carbonyl (C=O) groups is 1. The number of nitrogens with one attached hydrogen (secondary N) is 2. The number of ether oxygens (including phenoxy) is 1. The van der Waals surface area contributed by atoms with Crippen LogP contribution in [-0.4, -0.2) is 31.1 Å². The molecule has 0 aromatic heterocycles. The molecule has 0 aliphatic carbocycles. The number of benzene rings is 1. The van der Waals surface area contributed by atoms with Crippen molar-refractivity contribution in [1.82, 2.24) is 10.6 Å². The van der Waals surface area contributed by atoms with E-state index < -0.39 is 0 Å². The number of piperidine rings is 1. The Labute approximate surface area is 138 Å². The number of para-hydroxylation sites is 1. The maximum atomic E-state index is 12.0. The van der Waals surface area contributed by atoms with E-state index in [0.29, 0.717) is 37.6 Å². The average Bonchev–Trinajstić information content (AvgIpc) is 2.84. The smallest absolute Gasteiger partial charge is 0.220 e. The van der Waals surface area contributed by atoms with Gasteiger partial charge in [0.1, 0.15) is 12.4 Å². The summed E-state index contributed by atoms with van der Waals surface area (Å²) in [5.41, 5.74) is 0. The number of amides is 1. The Bertz CT molecular complexity index is 457. The predicted octanol–water partition coefficient (Wildman–Crippen LogP) is 2.52. The van der Waals surface area contributed by atoms with Gasteiger partial charge in [0.2, 0.25) is 5.91 Å². The third-order valence-corrected chi connectivity index (χ3v) is 4.48. The SMILES string of the molecule is Cl.O=C(CC1CC2CCC(C1)N2)NCCOc1ccccc1. The van der Waals surface area contributed by atoms with E-state index in [1.807, 2.05) is 30.3 Å². The van der Waals surface area contributed by atoms with Crippen molar-refractivity contribution in [1.29, 1.82) is 0 Å². The fourth-order valence-electron chi connectivity index (χ4n) is 3.55. The topological polar surface area (TPSA) is 50.4 Å². The van der Waals surface area contributed by atoms with Crippen molar-refractivity contribution in [3.63, 3.8) is 0 Å². The average molecular weight is 325 g/mol. The van der Waals surface area contributed by atoms with Crippen molar-refractivity contribution in [3.05, 3.63) is 30.3 Å². The van der Waals surface area contributed by atoms with Crippen LogP contribution in [0.15, 0.2) is 30.3 Å². The number of hydrogen-bond acceptors (Lipinski definition) is 3. The van der Waals surface area contributed by atoms with E-state index >= 15 is 0 Å². The highest BCUT2D eigenvalue weighted by Crippen LogP contribution is 2.32. The Hall–Kier alpha value is -1.26. The molecule has 122 valence electrons. The second-order valence-electron chi connectivity index (χ2n) is 6.19. The lowest BCUT2D eigenvalue weighted by atomic mass is 9.89. The van der Waals surface area contributed by atoms with Crippen LogP contribution < -0.4 is 15.4 Å². The number of fused-ring (bicyclic) bond motifs is 2. The maximum absolute atomic E-state index is 12.0. The van der Waals surface area contributed by atoms with Gasteiger partial charge < -0.3 is 15.4 Å². The summed E-state index contributed by atoms with van der Waals surface area (Å²) in [5, 5.41) is 6.58. The zero-order chi connectivity index (χ0) is 14.5. The molecule has 22 heavy (non-hydrogen) atoms. The Morgan fingerprint density at radius 2 is 1.86 bits per heavy atom. The second kappa shape index (κ2) is 8.39. The van der Waals surface area contributed by atoms with E-state index in [2.05, 4.69) is 10.6 Å². The first kappa shape index (κ1) is 17.1. The fourth-order valence-corrected chi connectivity index (χ4v) is 3.55. The number of rotatable bonds is 6. The molecule has 2 aliphatic rings. The molecule has 1 amide bonds. The Morgan fingerprint density at radius 3 is 2.55 bits per heavy atom. The first-order chi connectivity index (χ1) is 10.3. The van der Waals surface area contributed by atoms with Gasteiger partial charge in [0, 0.05) is 18.5 Å². The third-order valence-electron chi connectivity index (χ3n) is 4.48. The summed E-state index contributed by atoms with van der Waals surface area (Å²) in [6.45, 7) is 1.10. The van der Waals surface area contributed by atoms with Gasteiger partial charge in [-0.15, -0.1) is 12.4 Å². The molecule has 0 saturated carbocycles. The molecule has 2 fully saturated rings. The van der Waals surface area contributed by atoms with Gasteiger partial charge in [-0.25, -0.2) is 0 Å². The zero-order valence-corrected chi connectivity index (χ0v) is 13.6. The minimum Gasteiger partial charge on any atom is -0.492 e. The molecule has 2 N–H and O–H groups in total. The van der Waals surface area contributed by atoms with Crippen molar-refractivity contribution in [2.24, 2.45) is 5.92 Å². The van der Waals surface area contributed by atoms with Crippen molar-refractivity contribution in [2.45, 2.75) is 44.2 Å². The van der Waals surface area contributed by atoms with Gasteiger partial charge in [-0.1, -0.05) is 18.2 Å². The van der Waals surface area contributed by atoms with Crippen molar-refractivity contribution < 1.29 is 9.53 Å². The lowest BCUT2D eigenvalue weighted by Crippen LogP contribution is -2.40. The van der Waals surface area contributed by atoms with Crippen molar-refractivity contribution in [3.8, 4) is 5.75 Å². The van der Waals surface area contributed by atoms with Crippen molar-refractivity contribution in [2.75, 3.05) is 13.2 Å². The van der Waals surface area contributed by atoms with Crippen LogP contribution >= 0.6 is 12.4 Å². The van der Waals surface area contributed by atoms with Gasteiger partial charge in [0.25, 0.3) is 0 Å². The van der Waals surface area contributed by atoms with Gasteiger partial charge in [0.05, 0.1) is 6.54 Å². The van der Waals surface area contributed by atoms with Crippen LogP contribution in [0, 0.1) is 5.92 Å². The quantitative estimate of drug-likeness (QED) is 0.791. The molecule has 3 rings (SSSR count). The molecule has 2 heterocycles. The van der Waals surface area contributed by atoms with E-state index in [1.165, 1.54) is 12.8 Å². The van der Waals surface area contributed by atoms with E-state index in [9.17, 15) is 4.79 Å². The highest BCUT2D eigenvalue weighted by Gasteiger charge is 2.33. The summed E-state index contributed by atoms with van der Waals surface area (Å²) < 4.78 is 5.57. The third kappa shape index (κ3) is 4.89. The van der Waals surface area contributed by atoms with Gasteiger partial charge in [-0.3, -0.25) is 4.79 Å². The van der Waals surface area contributed by atoms with Crippen LogP contribution in [0.1, 0.15) is 32.1 Å². The standard InChI is InChI=1S/C17H24N2O2.ClH/c20-17(12-13-10-14-6-7-15(11-13)19-14)18-8-9-21-16-4-2-1-3-5-16;/h1-5,13-15,19H,6-12H2,(H,18,20);1H. The monoisotopic (exact) mass is 324 g/mol. The molecular formula is C17H25ClN2O2. The van der Waals surface area contributed by atoms with E-state index in [4.69, 9.17) is 4.74 Å². The summed E-state index contributed by atoms with van der Waals surface area (Å²) in [6, 6.07) is 11.0. The second-order valence-corrected chi connectivity index (χ2v) is 6.19. The Morgan fingerprint density at radius 1 is 1.18 bits per heavy atom. The lowest BCUT2D eigenvalue weighted by molar-refractivity contribution is -0.122. The van der Waals surface area contributed by atoms with Crippen LogP contribution in [0.25, 0.3) is 0 Å². The summed E-state index contributed by atoms with van der Waals surface area (Å²) in [5.74, 6) is 1.57. The molecule has 0 radical (unpaired) electrons. The number of carbonyl (C=O) groups excluding carboxylic acids is 1. The van der Waals surface area contributed by atoms with Crippen LogP contribution in [-0.2, 0) is 4.79 Å². The van der Waals surface area contributed by atoms with Gasteiger partial charge in [-0.2, -0.15) is 0 Å². The Balaban J connectivity index is 0.00000176. The molecule has 5 heteroatoms. The number of halogens is 1.